The third-order valence-electron chi connectivity index (χ3n) is 6.40. The van der Waals surface area contributed by atoms with E-state index in [2.05, 4.69) is 20.2 Å². The summed E-state index contributed by atoms with van der Waals surface area (Å²) in [6.45, 7) is 4.69. The van der Waals surface area contributed by atoms with Crippen LogP contribution in [0.1, 0.15) is 16.8 Å². The number of carbonyl (C=O) groups is 1. The fourth-order valence-electron chi connectivity index (χ4n) is 4.54. The molecule has 1 aliphatic rings. The van der Waals surface area contributed by atoms with Crippen molar-refractivity contribution in [3.63, 3.8) is 0 Å². The Hall–Kier alpha value is -3.82. The van der Waals surface area contributed by atoms with Gasteiger partial charge in [-0.25, -0.2) is 8.78 Å². The highest BCUT2D eigenvalue weighted by Gasteiger charge is 2.20. The van der Waals surface area contributed by atoms with Gasteiger partial charge in [-0.1, -0.05) is 6.07 Å². The maximum atomic E-state index is 14.2. The lowest BCUT2D eigenvalue weighted by atomic mass is 9.97. The maximum absolute atomic E-state index is 14.2. The molecule has 3 heterocycles. The van der Waals surface area contributed by atoms with Crippen molar-refractivity contribution in [3.8, 4) is 22.4 Å². The van der Waals surface area contributed by atoms with E-state index in [4.69, 9.17) is 4.74 Å². The minimum atomic E-state index is -0.996. The second kappa shape index (κ2) is 10.4. The highest BCUT2D eigenvalue weighted by Crippen LogP contribution is 2.38. The summed E-state index contributed by atoms with van der Waals surface area (Å²) in [4.78, 5) is 33.6. The zero-order valence-corrected chi connectivity index (χ0v) is 19.6. The molecular weight excluding hydrogens is 466 g/mol. The summed E-state index contributed by atoms with van der Waals surface area (Å²) in [6, 6.07) is 12.1. The van der Waals surface area contributed by atoms with Gasteiger partial charge >= 0.3 is 0 Å². The van der Waals surface area contributed by atoms with E-state index in [0.29, 0.717) is 45.4 Å². The van der Waals surface area contributed by atoms with Crippen LogP contribution in [0, 0.1) is 11.6 Å². The number of morpholine rings is 1. The third-order valence-corrected chi connectivity index (χ3v) is 6.40. The van der Waals surface area contributed by atoms with Crippen molar-refractivity contribution in [2.75, 3.05) is 39.4 Å². The molecule has 2 aromatic heterocycles. The maximum Gasteiger partial charge on any atom is 0.257 e. The Morgan fingerprint density at radius 1 is 1.06 bits per heavy atom. The highest BCUT2D eigenvalue weighted by atomic mass is 19.2. The Balaban J connectivity index is 1.46. The summed E-state index contributed by atoms with van der Waals surface area (Å²) in [6.07, 6.45) is 2.34. The number of nitrogens with one attached hydrogen (secondary N) is 3. The lowest BCUT2D eigenvalue weighted by molar-refractivity contribution is 0.0374. The van der Waals surface area contributed by atoms with Crippen LogP contribution in [-0.2, 0) is 4.74 Å². The van der Waals surface area contributed by atoms with Gasteiger partial charge in [-0.2, -0.15) is 0 Å². The largest absolute Gasteiger partial charge is 0.379 e. The standard InChI is InChI=1S/C27H26F2N4O3/c28-21-6-4-17(16-22(21)29)24-20-15-18(26(34)30-9-2-10-33-11-13-36-14-12-33)5-7-23(20)32-25(24)19-3-1-8-31-27(19)35/h1,3-8,15-16,32H,2,9-14H2,(H,30,34)(H,31,35). The van der Waals surface area contributed by atoms with Crippen LogP contribution >= 0.6 is 0 Å². The van der Waals surface area contributed by atoms with E-state index >= 15 is 0 Å². The molecule has 1 amide bonds. The van der Waals surface area contributed by atoms with Crippen molar-refractivity contribution >= 4 is 16.8 Å². The molecule has 0 atom stereocenters. The first-order chi connectivity index (χ1) is 17.5. The molecular formula is C27H26F2N4O3. The number of rotatable bonds is 7. The van der Waals surface area contributed by atoms with E-state index < -0.39 is 11.6 Å². The van der Waals surface area contributed by atoms with Crippen molar-refractivity contribution in [2.24, 2.45) is 0 Å². The number of halogens is 2. The van der Waals surface area contributed by atoms with Crippen LogP contribution < -0.4 is 10.9 Å². The van der Waals surface area contributed by atoms with Gasteiger partial charge < -0.3 is 20.0 Å². The van der Waals surface area contributed by atoms with E-state index in [9.17, 15) is 18.4 Å². The number of benzene rings is 2. The number of nitrogens with zero attached hydrogens (tertiary/aromatic N) is 1. The van der Waals surface area contributed by atoms with Crippen LogP contribution in [0.5, 0.6) is 0 Å². The number of amides is 1. The van der Waals surface area contributed by atoms with Gasteiger partial charge in [0.25, 0.3) is 11.5 Å². The van der Waals surface area contributed by atoms with Gasteiger partial charge in [0.15, 0.2) is 11.6 Å². The molecule has 1 aliphatic heterocycles. The summed E-state index contributed by atoms with van der Waals surface area (Å²) in [7, 11) is 0. The molecule has 4 aromatic rings. The molecule has 7 nitrogen and oxygen atoms in total. The van der Waals surface area contributed by atoms with Gasteiger partial charge in [0.1, 0.15) is 0 Å². The molecule has 0 radical (unpaired) electrons. The van der Waals surface area contributed by atoms with Gasteiger partial charge in [0.05, 0.1) is 24.5 Å². The fraction of sp³-hybridized carbons (Fsp3) is 0.259. The summed E-state index contributed by atoms with van der Waals surface area (Å²) in [5, 5.41) is 3.58. The molecule has 1 fully saturated rings. The van der Waals surface area contributed by atoms with Crippen LogP contribution in [-0.4, -0.2) is 60.2 Å². The van der Waals surface area contributed by atoms with Crippen LogP contribution in [0.2, 0.25) is 0 Å². The van der Waals surface area contributed by atoms with Crippen molar-refractivity contribution in [2.45, 2.75) is 6.42 Å². The Kier molecular flexibility index (Phi) is 6.92. The van der Waals surface area contributed by atoms with Crippen molar-refractivity contribution < 1.29 is 18.3 Å². The van der Waals surface area contributed by atoms with Crippen LogP contribution in [0.15, 0.2) is 59.5 Å². The lowest BCUT2D eigenvalue weighted by Crippen LogP contribution is -2.38. The first-order valence-corrected chi connectivity index (χ1v) is 11.9. The Labute approximate surface area is 206 Å². The number of aromatic amines is 2. The molecule has 1 saturated heterocycles. The Bertz CT molecular complexity index is 1460. The van der Waals surface area contributed by atoms with Crippen LogP contribution in [0.3, 0.4) is 0 Å². The predicted molar refractivity (Wildman–Crippen MR) is 134 cm³/mol. The monoisotopic (exact) mass is 492 g/mol. The molecule has 0 spiro atoms. The first kappa shape index (κ1) is 23.9. The Morgan fingerprint density at radius 2 is 1.89 bits per heavy atom. The van der Waals surface area contributed by atoms with Gasteiger partial charge in [-0.3, -0.25) is 14.5 Å². The van der Waals surface area contributed by atoms with Crippen molar-refractivity contribution in [1.82, 2.24) is 20.2 Å². The number of hydrogen-bond donors (Lipinski definition) is 3. The topological polar surface area (TPSA) is 90.2 Å². The van der Waals surface area contributed by atoms with Crippen LogP contribution in [0.4, 0.5) is 8.78 Å². The summed E-state index contributed by atoms with van der Waals surface area (Å²) in [5.74, 6) is -2.19. The Morgan fingerprint density at radius 3 is 2.67 bits per heavy atom. The fourth-order valence-corrected chi connectivity index (χ4v) is 4.54. The number of H-pyrrole nitrogens is 2. The number of pyridine rings is 1. The normalized spacial score (nSPS) is 14.3. The molecule has 3 N–H and O–H groups in total. The van der Waals surface area contributed by atoms with Gasteiger partial charge in [0, 0.05) is 47.9 Å². The number of fused-ring (bicyclic) bond motifs is 1. The van der Waals surface area contributed by atoms with E-state index in [0.717, 1.165) is 51.4 Å². The molecule has 0 unspecified atom stereocenters. The van der Waals surface area contributed by atoms with Crippen LogP contribution in [0.25, 0.3) is 33.3 Å². The number of hydrogen-bond acceptors (Lipinski definition) is 4. The quantitative estimate of drug-likeness (QED) is 0.341. The summed E-state index contributed by atoms with van der Waals surface area (Å²) >= 11 is 0. The second-order valence-electron chi connectivity index (χ2n) is 8.74. The minimum Gasteiger partial charge on any atom is -0.379 e. The van der Waals surface area contributed by atoms with Crippen molar-refractivity contribution in [3.05, 3.63) is 82.3 Å². The van der Waals surface area contributed by atoms with Gasteiger partial charge in [0.2, 0.25) is 0 Å². The average Bonchev–Trinajstić information content (AvgIpc) is 3.27. The second-order valence-corrected chi connectivity index (χ2v) is 8.74. The molecule has 186 valence electrons. The number of ether oxygens (including phenoxy) is 1. The van der Waals surface area contributed by atoms with Gasteiger partial charge in [-0.15, -0.1) is 0 Å². The molecule has 9 heteroatoms. The van der Waals surface area contributed by atoms with E-state index in [1.807, 2.05) is 0 Å². The zero-order valence-electron chi connectivity index (χ0n) is 19.6. The minimum absolute atomic E-state index is 0.226. The molecule has 0 saturated carbocycles. The van der Waals surface area contributed by atoms with E-state index in [1.54, 1.807) is 30.3 Å². The lowest BCUT2D eigenvalue weighted by Gasteiger charge is -2.26. The van der Waals surface area contributed by atoms with E-state index in [-0.39, 0.29) is 11.5 Å². The molecule has 2 aromatic carbocycles. The smallest absolute Gasteiger partial charge is 0.257 e. The number of carbonyl (C=O) groups excluding carboxylic acids is 1. The average molecular weight is 493 g/mol. The summed E-state index contributed by atoms with van der Waals surface area (Å²) < 4.78 is 33.2. The zero-order chi connectivity index (χ0) is 25.1. The SMILES string of the molecule is O=C(NCCCN1CCOCC1)c1ccc2[nH]c(-c3ccc[nH]c3=O)c(-c3ccc(F)c(F)c3)c2c1. The molecule has 0 aliphatic carbocycles. The predicted octanol–water partition coefficient (Wildman–Crippen LogP) is 3.92. The molecule has 0 bridgehead atoms. The first-order valence-electron chi connectivity index (χ1n) is 11.9. The number of aromatic nitrogens is 2. The summed E-state index contributed by atoms with van der Waals surface area (Å²) in [5.41, 5.74) is 2.49. The molecule has 36 heavy (non-hydrogen) atoms. The molecule has 5 rings (SSSR count). The highest BCUT2D eigenvalue weighted by molar-refractivity contribution is 6.07. The van der Waals surface area contributed by atoms with Crippen molar-refractivity contribution in [1.29, 1.82) is 0 Å². The van der Waals surface area contributed by atoms with E-state index in [1.165, 1.54) is 12.3 Å². The third kappa shape index (κ3) is 4.93. The van der Waals surface area contributed by atoms with Gasteiger partial charge in [-0.05, 0) is 61.0 Å².